The van der Waals surface area contributed by atoms with Gasteiger partial charge in [0.2, 0.25) is 5.91 Å². The van der Waals surface area contributed by atoms with E-state index in [1.165, 1.54) is 17.0 Å². The molecule has 1 aromatic heterocycles. The smallest absolute Gasteiger partial charge is 0.269 e. The van der Waals surface area contributed by atoms with Crippen molar-refractivity contribution in [1.29, 1.82) is 0 Å². The zero-order valence-corrected chi connectivity index (χ0v) is 19.0. The SMILES string of the molecule is C#CCN(C(=O)Cc1cn(-c2ccccc2)nc1-c1ccc([N+](=O)[O-])cc1)[C@H]1CCS(=O)(=O)C1. The van der Waals surface area contributed by atoms with Crippen molar-refractivity contribution >= 4 is 21.4 Å². The third-order valence-electron chi connectivity index (χ3n) is 5.74. The molecule has 3 aromatic rings. The molecule has 9 nitrogen and oxygen atoms in total. The van der Waals surface area contributed by atoms with Gasteiger partial charge in [0, 0.05) is 35.5 Å². The van der Waals surface area contributed by atoms with Gasteiger partial charge in [0.05, 0.1) is 40.8 Å². The highest BCUT2D eigenvalue weighted by molar-refractivity contribution is 7.91. The van der Waals surface area contributed by atoms with Crippen LogP contribution in [0, 0.1) is 22.5 Å². The van der Waals surface area contributed by atoms with Crippen LogP contribution in [0.4, 0.5) is 5.69 Å². The highest BCUT2D eigenvalue weighted by Crippen LogP contribution is 2.27. The Balaban J connectivity index is 1.69. The maximum atomic E-state index is 13.3. The lowest BCUT2D eigenvalue weighted by molar-refractivity contribution is -0.384. The van der Waals surface area contributed by atoms with Gasteiger partial charge in [-0.2, -0.15) is 5.10 Å². The topological polar surface area (TPSA) is 115 Å². The number of sulfone groups is 1. The van der Waals surface area contributed by atoms with E-state index in [0.717, 1.165) is 5.69 Å². The Hall–Kier alpha value is -3.97. The zero-order valence-electron chi connectivity index (χ0n) is 18.2. The molecular weight excluding hydrogens is 456 g/mol. The van der Waals surface area contributed by atoms with E-state index in [1.54, 1.807) is 23.0 Å². The molecule has 1 amide bonds. The molecule has 0 bridgehead atoms. The molecule has 1 aliphatic heterocycles. The lowest BCUT2D eigenvalue weighted by Gasteiger charge is -2.26. The fourth-order valence-electron chi connectivity index (χ4n) is 4.04. The van der Waals surface area contributed by atoms with Crippen molar-refractivity contribution in [2.75, 3.05) is 18.1 Å². The Morgan fingerprint density at radius 2 is 1.91 bits per heavy atom. The molecule has 4 rings (SSSR count). The van der Waals surface area contributed by atoms with E-state index in [4.69, 9.17) is 6.42 Å². The van der Waals surface area contributed by atoms with Crippen LogP contribution in [0.2, 0.25) is 0 Å². The maximum absolute atomic E-state index is 13.3. The quantitative estimate of drug-likeness (QED) is 0.293. The first-order chi connectivity index (χ1) is 16.3. The third kappa shape index (κ3) is 5.00. The van der Waals surface area contributed by atoms with Gasteiger partial charge in [-0.3, -0.25) is 14.9 Å². The van der Waals surface area contributed by atoms with Crippen molar-refractivity contribution in [2.24, 2.45) is 0 Å². The number of carbonyl (C=O) groups excluding carboxylic acids is 1. The van der Waals surface area contributed by atoms with Crippen LogP contribution in [0.15, 0.2) is 60.8 Å². The van der Waals surface area contributed by atoms with Gasteiger partial charge >= 0.3 is 0 Å². The molecule has 174 valence electrons. The number of amides is 1. The lowest BCUT2D eigenvalue weighted by atomic mass is 10.0. The van der Waals surface area contributed by atoms with Crippen LogP contribution in [0.25, 0.3) is 16.9 Å². The number of hydrogen-bond acceptors (Lipinski definition) is 6. The van der Waals surface area contributed by atoms with Crippen LogP contribution in [0.3, 0.4) is 0 Å². The number of carbonyl (C=O) groups is 1. The Kier molecular flexibility index (Phi) is 6.47. The van der Waals surface area contributed by atoms with Crippen LogP contribution in [0.1, 0.15) is 12.0 Å². The molecule has 34 heavy (non-hydrogen) atoms. The fourth-order valence-corrected chi connectivity index (χ4v) is 5.77. The minimum Gasteiger partial charge on any atom is -0.327 e. The summed E-state index contributed by atoms with van der Waals surface area (Å²) in [6.45, 7) is 0.0126. The monoisotopic (exact) mass is 478 g/mol. The maximum Gasteiger partial charge on any atom is 0.269 e. The second kappa shape index (κ2) is 9.49. The molecule has 10 heteroatoms. The van der Waals surface area contributed by atoms with Crippen molar-refractivity contribution in [3.8, 4) is 29.3 Å². The van der Waals surface area contributed by atoms with Gasteiger partial charge in [-0.25, -0.2) is 13.1 Å². The van der Waals surface area contributed by atoms with Gasteiger partial charge < -0.3 is 4.90 Å². The number of para-hydroxylation sites is 1. The average Bonchev–Trinajstić information content (AvgIpc) is 3.40. The Morgan fingerprint density at radius 1 is 1.21 bits per heavy atom. The molecule has 0 N–H and O–H groups in total. The van der Waals surface area contributed by atoms with Crippen molar-refractivity contribution < 1.29 is 18.1 Å². The minimum absolute atomic E-state index is 0.0126. The van der Waals surface area contributed by atoms with Gasteiger partial charge in [0.25, 0.3) is 5.69 Å². The van der Waals surface area contributed by atoms with E-state index in [2.05, 4.69) is 11.0 Å². The van der Waals surface area contributed by atoms with Crippen LogP contribution in [-0.2, 0) is 21.1 Å². The number of terminal acetylenes is 1. The highest BCUT2D eigenvalue weighted by atomic mass is 32.2. The summed E-state index contributed by atoms with van der Waals surface area (Å²) in [7, 11) is -3.19. The molecule has 0 aliphatic carbocycles. The minimum atomic E-state index is -3.19. The fraction of sp³-hybridized carbons (Fsp3) is 0.250. The summed E-state index contributed by atoms with van der Waals surface area (Å²) in [5, 5.41) is 15.7. The van der Waals surface area contributed by atoms with E-state index in [-0.39, 0.29) is 36.1 Å². The summed E-state index contributed by atoms with van der Waals surface area (Å²) in [4.78, 5) is 25.3. The number of nitro benzene ring substituents is 1. The van der Waals surface area contributed by atoms with E-state index in [9.17, 15) is 23.3 Å². The number of aromatic nitrogens is 2. The van der Waals surface area contributed by atoms with Gasteiger partial charge in [-0.05, 0) is 30.7 Å². The zero-order chi connectivity index (χ0) is 24.3. The average molecular weight is 479 g/mol. The summed E-state index contributed by atoms with van der Waals surface area (Å²) < 4.78 is 25.6. The largest absolute Gasteiger partial charge is 0.327 e. The number of non-ortho nitro benzene ring substituents is 1. The molecule has 0 unspecified atom stereocenters. The normalized spacial score (nSPS) is 16.6. The predicted molar refractivity (Wildman–Crippen MR) is 127 cm³/mol. The Bertz CT molecular complexity index is 1360. The first-order valence-electron chi connectivity index (χ1n) is 10.6. The molecule has 1 fully saturated rings. The molecule has 0 saturated carbocycles. The number of nitrogens with zero attached hydrogens (tertiary/aromatic N) is 4. The summed E-state index contributed by atoms with van der Waals surface area (Å²) in [5.74, 6) is 2.10. The van der Waals surface area contributed by atoms with E-state index in [1.807, 2.05) is 30.3 Å². The Morgan fingerprint density at radius 3 is 2.50 bits per heavy atom. The van der Waals surface area contributed by atoms with Gasteiger partial charge in [0.15, 0.2) is 9.84 Å². The number of rotatable bonds is 7. The van der Waals surface area contributed by atoms with Crippen molar-refractivity contribution in [3.05, 3.63) is 76.5 Å². The summed E-state index contributed by atoms with van der Waals surface area (Å²) >= 11 is 0. The van der Waals surface area contributed by atoms with Crippen LogP contribution >= 0.6 is 0 Å². The third-order valence-corrected chi connectivity index (χ3v) is 7.49. The molecule has 1 aliphatic rings. The lowest BCUT2D eigenvalue weighted by Crippen LogP contribution is -2.42. The molecule has 1 saturated heterocycles. The van der Waals surface area contributed by atoms with Gasteiger partial charge in [0.1, 0.15) is 0 Å². The van der Waals surface area contributed by atoms with E-state index >= 15 is 0 Å². The second-order valence-electron chi connectivity index (χ2n) is 8.05. The number of hydrogen-bond donors (Lipinski definition) is 0. The standard InChI is InChI=1S/C24H22N4O5S/c1-2-13-26(22-12-14-34(32,33)17-22)23(29)15-19-16-27(20-6-4-3-5-7-20)25-24(19)18-8-10-21(11-9-18)28(30)31/h1,3-11,16,22H,12-15,17H2/t22-/m0/s1. The van der Waals surface area contributed by atoms with Crippen LogP contribution in [-0.4, -0.2) is 58.0 Å². The Labute approximate surface area is 197 Å². The van der Waals surface area contributed by atoms with Crippen LogP contribution in [0.5, 0.6) is 0 Å². The van der Waals surface area contributed by atoms with Crippen molar-refractivity contribution in [2.45, 2.75) is 18.9 Å². The van der Waals surface area contributed by atoms with Gasteiger partial charge in [-0.15, -0.1) is 6.42 Å². The van der Waals surface area contributed by atoms with Crippen molar-refractivity contribution in [3.63, 3.8) is 0 Å². The van der Waals surface area contributed by atoms with Crippen molar-refractivity contribution in [1.82, 2.24) is 14.7 Å². The first kappa shape index (κ1) is 23.2. The summed E-state index contributed by atoms with van der Waals surface area (Å²) in [6, 6.07) is 14.8. The highest BCUT2D eigenvalue weighted by Gasteiger charge is 2.34. The number of nitro groups is 1. The number of benzene rings is 2. The van der Waals surface area contributed by atoms with Crippen LogP contribution < -0.4 is 0 Å². The summed E-state index contributed by atoms with van der Waals surface area (Å²) in [6.07, 6.45) is 7.52. The molecular formula is C24H22N4O5S. The first-order valence-corrected chi connectivity index (χ1v) is 12.4. The molecule has 0 spiro atoms. The molecule has 1 atom stereocenters. The summed E-state index contributed by atoms with van der Waals surface area (Å²) in [5.41, 5.74) is 2.46. The van der Waals surface area contributed by atoms with Gasteiger partial charge in [-0.1, -0.05) is 24.1 Å². The van der Waals surface area contributed by atoms with E-state index < -0.39 is 20.8 Å². The van der Waals surface area contributed by atoms with E-state index in [0.29, 0.717) is 23.2 Å². The second-order valence-corrected chi connectivity index (χ2v) is 10.3. The molecule has 2 heterocycles. The molecule has 0 radical (unpaired) electrons. The predicted octanol–water partition coefficient (Wildman–Crippen LogP) is 2.64. The molecule has 2 aromatic carbocycles.